The van der Waals surface area contributed by atoms with E-state index in [1.54, 1.807) is 38.1 Å². The second kappa shape index (κ2) is 11.2. The van der Waals surface area contributed by atoms with Gasteiger partial charge in [0.05, 0.1) is 10.7 Å². The molecule has 0 unspecified atom stereocenters. The Hall–Kier alpha value is -3.36. The molecule has 12 heteroatoms. The van der Waals surface area contributed by atoms with Crippen LogP contribution in [0.4, 0.5) is 29.5 Å². The minimum atomic E-state index is -2.80. The Morgan fingerprint density at radius 3 is 2.50 bits per heavy atom. The van der Waals surface area contributed by atoms with E-state index in [1.165, 1.54) is 12.1 Å². The van der Waals surface area contributed by atoms with E-state index in [0.717, 1.165) is 17.2 Å². The van der Waals surface area contributed by atoms with Crippen LogP contribution in [0.15, 0.2) is 48.7 Å². The number of benzene rings is 2. The summed E-state index contributed by atoms with van der Waals surface area (Å²) in [6, 6.07) is 8.32. The molecule has 1 aliphatic rings. The maximum Gasteiger partial charge on any atom is 0.321 e. The Balaban J connectivity index is 1.55. The topological polar surface area (TPSA) is 91.4 Å². The number of anilines is 2. The Bertz CT molecular complexity index is 1450. The molecule has 0 spiro atoms. The normalized spacial score (nSPS) is 15.6. The van der Waals surface area contributed by atoms with Crippen LogP contribution in [0, 0.1) is 17.5 Å². The van der Waals surface area contributed by atoms with E-state index in [2.05, 4.69) is 15.6 Å². The van der Waals surface area contributed by atoms with Crippen LogP contribution in [0.2, 0.25) is 5.02 Å². The van der Waals surface area contributed by atoms with Crippen LogP contribution >= 0.6 is 18.7 Å². The highest BCUT2D eigenvalue weighted by Crippen LogP contribution is 2.46. The number of carbonyl (C=O) groups is 2. The number of carbonyl (C=O) groups excluding carboxylic acids is 2. The maximum atomic E-state index is 15.4. The number of pyridine rings is 1. The Morgan fingerprint density at radius 2 is 1.82 bits per heavy atom. The minimum Gasteiger partial charge on any atom is -0.326 e. The van der Waals surface area contributed by atoms with Crippen molar-refractivity contribution in [1.29, 1.82) is 0 Å². The molecular weight excluding hydrogens is 540 g/mol. The van der Waals surface area contributed by atoms with Gasteiger partial charge in [0.2, 0.25) is 5.91 Å². The number of halogens is 4. The standard InChI is InChI=1S/C26H25ClF3N4O3P/c1-3-38(37,4-2)21-8-6-5-7-16(21)17-9-10-20(23(30)22(17)29)34-12-11-19(25(34)35)32-26(36)33-24-18(28)13-15(27)14-31-24/h5-10,13-14,19H,3-4,11-12H2,1-2H3,(H2,31,32,33,36)/t19-/m1/s1. The number of nitrogens with one attached hydrogen (secondary N) is 2. The van der Waals surface area contributed by atoms with Crippen molar-refractivity contribution in [3.63, 3.8) is 0 Å². The molecule has 1 aliphatic heterocycles. The van der Waals surface area contributed by atoms with Gasteiger partial charge in [0.15, 0.2) is 23.3 Å². The number of aromatic nitrogens is 1. The molecule has 7 nitrogen and oxygen atoms in total. The second-order valence-electron chi connectivity index (χ2n) is 8.71. The SMILES string of the molecule is CCP(=O)(CC)c1ccccc1-c1ccc(N2CC[C@@H](NC(=O)Nc3ncc(Cl)cc3F)C2=O)c(F)c1F. The Labute approximate surface area is 222 Å². The van der Waals surface area contributed by atoms with Gasteiger partial charge in [0, 0.05) is 35.9 Å². The first kappa shape index (κ1) is 27.7. The predicted octanol–water partition coefficient (Wildman–Crippen LogP) is 5.77. The maximum absolute atomic E-state index is 15.4. The number of rotatable bonds is 7. The van der Waals surface area contributed by atoms with Crippen LogP contribution in [-0.2, 0) is 9.36 Å². The molecule has 200 valence electrons. The molecule has 0 saturated carbocycles. The van der Waals surface area contributed by atoms with Gasteiger partial charge in [-0.25, -0.2) is 22.9 Å². The first-order valence-electron chi connectivity index (χ1n) is 12.0. The number of hydrogen-bond donors (Lipinski definition) is 2. The third-order valence-corrected chi connectivity index (χ3v) is 10.1. The second-order valence-corrected chi connectivity index (χ2v) is 12.7. The fourth-order valence-corrected chi connectivity index (χ4v) is 6.70. The third kappa shape index (κ3) is 5.28. The third-order valence-electron chi connectivity index (χ3n) is 6.56. The van der Waals surface area contributed by atoms with Gasteiger partial charge >= 0.3 is 6.03 Å². The van der Waals surface area contributed by atoms with Gasteiger partial charge in [0.25, 0.3) is 0 Å². The van der Waals surface area contributed by atoms with Crippen LogP contribution in [0.25, 0.3) is 11.1 Å². The molecule has 0 radical (unpaired) electrons. The number of amides is 3. The van der Waals surface area contributed by atoms with Crippen LogP contribution in [0.5, 0.6) is 0 Å². The fraction of sp³-hybridized carbons (Fsp3) is 0.269. The van der Waals surface area contributed by atoms with E-state index < -0.39 is 42.6 Å². The molecule has 0 bridgehead atoms. The highest BCUT2D eigenvalue weighted by molar-refractivity contribution is 7.71. The first-order valence-corrected chi connectivity index (χ1v) is 14.4. The average Bonchev–Trinajstić information content (AvgIpc) is 3.26. The largest absolute Gasteiger partial charge is 0.326 e. The van der Waals surface area contributed by atoms with Crippen molar-refractivity contribution in [2.75, 3.05) is 29.1 Å². The summed E-state index contributed by atoms with van der Waals surface area (Å²) >= 11 is 5.64. The summed E-state index contributed by atoms with van der Waals surface area (Å²) in [5.74, 6) is -4.29. The molecule has 3 amide bonds. The van der Waals surface area contributed by atoms with Gasteiger partial charge in [-0.1, -0.05) is 49.7 Å². The summed E-state index contributed by atoms with van der Waals surface area (Å²) in [5.41, 5.74) is 0.00895. The van der Waals surface area contributed by atoms with Gasteiger partial charge < -0.3 is 14.8 Å². The summed E-state index contributed by atoms with van der Waals surface area (Å²) in [6.07, 6.45) is 2.03. The highest BCUT2D eigenvalue weighted by atomic mass is 35.5. The molecule has 1 fully saturated rings. The molecule has 3 aromatic rings. The molecular formula is C26H25ClF3N4O3P. The molecule has 1 atom stereocenters. The number of hydrogen-bond acceptors (Lipinski definition) is 4. The lowest BCUT2D eigenvalue weighted by Gasteiger charge is -2.21. The van der Waals surface area contributed by atoms with Crippen LogP contribution in [0.3, 0.4) is 0 Å². The summed E-state index contributed by atoms with van der Waals surface area (Å²) in [7, 11) is -2.80. The van der Waals surface area contributed by atoms with Crippen molar-refractivity contribution in [2.45, 2.75) is 26.3 Å². The smallest absolute Gasteiger partial charge is 0.321 e. The van der Waals surface area contributed by atoms with Gasteiger partial charge in [-0.15, -0.1) is 0 Å². The lowest BCUT2D eigenvalue weighted by molar-refractivity contribution is -0.118. The summed E-state index contributed by atoms with van der Waals surface area (Å²) in [5, 5.41) is 5.12. The van der Waals surface area contributed by atoms with Crippen molar-refractivity contribution in [1.82, 2.24) is 10.3 Å². The van der Waals surface area contributed by atoms with Gasteiger partial charge in [-0.3, -0.25) is 10.1 Å². The van der Waals surface area contributed by atoms with Gasteiger partial charge in [-0.2, -0.15) is 0 Å². The van der Waals surface area contributed by atoms with Crippen molar-refractivity contribution < 1.29 is 27.3 Å². The van der Waals surface area contributed by atoms with Crippen LogP contribution in [-0.4, -0.2) is 41.8 Å². The molecule has 1 aromatic heterocycles. The summed E-state index contributed by atoms with van der Waals surface area (Å²) < 4.78 is 58.0. The molecule has 2 N–H and O–H groups in total. The van der Waals surface area contributed by atoms with Crippen molar-refractivity contribution >= 4 is 47.5 Å². The van der Waals surface area contributed by atoms with Crippen LogP contribution < -0.4 is 20.8 Å². The Kier molecular flexibility index (Phi) is 8.13. The lowest BCUT2D eigenvalue weighted by atomic mass is 10.0. The predicted molar refractivity (Wildman–Crippen MR) is 142 cm³/mol. The van der Waals surface area contributed by atoms with Crippen molar-refractivity contribution in [3.05, 3.63) is 71.1 Å². The molecule has 4 rings (SSSR count). The van der Waals surface area contributed by atoms with E-state index in [9.17, 15) is 18.5 Å². The zero-order valence-corrected chi connectivity index (χ0v) is 22.3. The van der Waals surface area contributed by atoms with Gasteiger partial charge in [0.1, 0.15) is 13.2 Å². The van der Waals surface area contributed by atoms with E-state index in [4.69, 9.17) is 11.6 Å². The number of nitrogens with zero attached hydrogens (tertiary/aromatic N) is 2. The molecule has 2 heterocycles. The summed E-state index contributed by atoms with van der Waals surface area (Å²) in [6.45, 7) is 3.62. The average molecular weight is 565 g/mol. The quantitative estimate of drug-likeness (QED) is 0.356. The van der Waals surface area contributed by atoms with Crippen LogP contribution in [0.1, 0.15) is 20.3 Å². The molecule has 2 aromatic carbocycles. The molecule has 38 heavy (non-hydrogen) atoms. The van der Waals surface area contributed by atoms with Gasteiger partial charge in [-0.05, 0) is 30.2 Å². The minimum absolute atomic E-state index is 0.0184. The Morgan fingerprint density at radius 1 is 1.11 bits per heavy atom. The summed E-state index contributed by atoms with van der Waals surface area (Å²) in [4.78, 5) is 29.9. The van der Waals surface area contributed by atoms with E-state index in [-0.39, 0.29) is 35.1 Å². The van der Waals surface area contributed by atoms with E-state index in [0.29, 0.717) is 23.2 Å². The van der Waals surface area contributed by atoms with E-state index >= 15 is 8.78 Å². The first-order chi connectivity index (χ1) is 18.1. The zero-order valence-electron chi connectivity index (χ0n) is 20.6. The lowest BCUT2D eigenvalue weighted by Crippen LogP contribution is -2.43. The van der Waals surface area contributed by atoms with E-state index in [1.807, 2.05) is 0 Å². The monoisotopic (exact) mass is 564 g/mol. The highest BCUT2D eigenvalue weighted by Gasteiger charge is 2.36. The molecule has 1 saturated heterocycles. The number of urea groups is 1. The van der Waals surface area contributed by atoms with Crippen molar-refractivity contribution in [2.24, 2.45) is 0 Å². The van der Waals surface area contributed by atoms with Crippen molar-refractivity contribution in [3.8, 4) is 11.1 Å². The zero-order chi connectivity index (χ0) is 27.6. The fourth-order valence-electron chi connectivity index (χ4n) is 4.44. The molecule has 0 aliphatic carbocycles.